The second-order valence-corrected chi connectivity index (χ2v) is 5.34. The molecular weight excluding hydrogens is 305 g/mol. The number of nitrogens with zero attached hydrogens (tertiary/aromatic N) is 3. The van der Waals surface area contributed by atoms with Gasteiger partial charge >= 0.3 is 0 Å². The molecule has 0 aliphatic heterocycles. The van der Waals surface area contributed by atoms with Crippen molar-refractivity contribution < 1.29 is 9.13 Å². The molecule has 2 heterocycles. The Morgan fingerprint density at radius 2 is 1.83 bits per heavy atom. The molecule has 0 fully saturated rings. The Morgan fingerprint density at radius 1 is 1.00 bits per heavy atom. The monoisotopic (exact) mass is 319 g/mol. The van der Waals surface area contributed by atoms with Gasteiger partial charge in [-0.3, -0.25) is 4.40 Å². The third-order valence-electron chi connectivity index (χ3n) is 3.87. The highest BCUT2D eigenvalue weighted by atomic mass is 19.1. The molecule has 0 spiro atoms. The van der Waals surface area contributed by atoms with Crippen LogP contribution in [0.4, 0.5) is 4.39 Å². The highest BCUT2D eigenvalue weighted by molar-refractivity contribution is 5.81. The average molecular weight is 319 g/mol. The second kappa shape index (κ2) is 5.77. The van der Waals surface area contributed by atoms with Crippen LogP contribution in [0.15, 0.2) is 67.0 Å². The van der Waals surface area contributed by atoms with Gasteiger partial charge in [0.2, 0.25) is 5.78 Å². The molecule has 2 aromatic heterocycles. The van der Waals surface area contributed by atoms with Crippen LogP contribution in [0, 0.1) is 5.82 Å². The van der Waals surface area contributed by atoms with Gasteiger partial charge in [-0.2, -0.15) is 0 Å². The van der Waals surface area contributed by atoms with Crippen molar-refractivity contribution in [2.75, 3.05) is 7.11 Å². The molecule has 0 amide bonds. The van der Waals surface area contributed by atoms with Crippen molar-refractivity contribution in [2.45, 2.75) is 0 Å². The minimum Gasteiger partial charge on any atom is -0.497 e. The molecule has 5 heteroatoms. The first-order valence-corrected chi connectivity index (χ1v) is 7.50. The van der Waals surface area contributed by atoms with E-state index in [4.69, 9.17) is 4.74 Å². The lowest BCUT2D eigenvalue weighted by Crippen LogP contribution is -1.91. The maximum atomic E-state index is 13.7. The molecule has 118 valence electrons. The van der Waals surface area contributed by atoms with Crippen LogP contribution in [0.5, 0.6) is 5.75 Å². The number of aromatic nitrogens is 3. The number of rotatable bonds is 3. The van der Waals surface area contributed by atoms with Crippen molar-refractivity contribution in [3.8, 4) is 28.3 Å². The fraction of sp³-hybridized carbons (Fsp3) is 0.0526. The van der Waals surface area contributed by atoms with Gasteiger partial charge in [0.15, 0.2) is 0 Å². The van der Waals surface area contributed by atoms with Crippen LogP contribution < -0.4 is 4.74 Å². The van der Waals surface area contributed by atoms with Gasteiger partial charge in [0.25, 0.3) is 0 Å². The van der Waals surface area contributed by atoms with E-state index in [1.165, 1.54) is 12.1 Å². The van der Waals surface area contributed by atoms with Crippen molar-refractivity contribution in [2.24, 2.45) is 0 Å². The Labute approximate surface area is 138 Å². The molecule has 0 aliphatic carbocycles. The SMILES string of the molecule is COc1ccc(-c2nc3ncccn3c2-c2cccc(F)c2)cc1. The second-order valence-electron chi connectivity index (χ2n) is 5.34. The number of hydrogen-bond donors (Lipinski definition) is 0. The lowest BCUT2D eigenvalue weighted by molar-refractivity contribution is 0.415. The van der Waals surface area contributed by atoms with E-state index in [9.17, 15) is 4.39 Å². The number of halogens is 1. The van der Waals surface area contributed by atoms with Crippen molar-refractivity contribution >= 4 is 5.78 Å². The van der Waals surface area contributed by atoms with E-state index in [1.807, 2.05) is 47.0 Å². The van der Waals surface area contributed by atoms with Crippen LogP contribution in [-0.2, 0) is 0 Å². The number of imidazole rings is 1. The lowest BCUT2D eigenvalue weighted by Gasteiger charge is -2.06. The first kappa shape index (κ1) is 14.4. The van der Waals surface area contributed by atoms with Gasteiger partial charge in [-0.15, -0.1) is 0 Å². The lowest BCUT2D eigenvalue weighted by atomic mass is 10.0. The summed E-state index contributed by atoms with van der Waals surface area (Å²) in [6, 6.07) is 15.9. The van der Waals surface area contributed by atoms with E-state index in [0.717, 1.165) is 28.3 Å². The molecule has 0 unspecified atom stereocenters. The highest BCUT2D eigenvalue weighted by Gasteiger charge is 2.16. The van der Waals surface area contributed by atoms with Crippen LogP contribution in [0.2, 0.25) is 0 Å². The van der Waals surface area contributed by atoms with Gasteiger partial charge in [-0.1, -0.05) is 12.1 Å². The van der Waals surface area contributed by atoms with Crippen LogP contribution in [0.25, 0.3) is 28.3 Å². The molecule has 0 saturated carbocycles. The summed E-state index contributed by atoms with van der Waals surface area (Å²) in [5, 5.41) is 0. The van der Waals surface area contributed by atoms with E-state index in [2.05, 4.69) is 9.97 Å². The Balaban J connectivity index is 1.99. The Kier molecular flexibility index (Phi) is 3.46. The van der Waals surface area contributed by atoms with Gasteiger partial charge in [0, 0.05) is 23.5 Å². The van der Waals surface area contributed by atoms with Crippen molar-refractivity contribution in [1.82, 2.24) is 14.4 Å². The van der Waals surface area contributed by atoms with Gasteiger partial charge in [0.1, 0.15) is 11.6 Å². The molecule has 4 nitrogen and oxygen atoms in total. The third-order valence-corrected chi connectivity index (χ3v) is 3.87. The van der Waals surface area contributed by atoms with Gasteiger partial charge in [-0.05, 0) is 42.5 Å². The topological polar surface area (TPSA) is 39.4 Å². The number of methoxy groups -OCH3 is 1. The normalized spacial score (nSPS) is 10.9. The van der Waals surface area contributed by atoms with Crippen LogP contribution in [0.3, 0.4) is 0 Å². The molecule has 0 aliphatic rings. The fourth-order valence-electron chi connectivity index (χ4n) is 2.75. The Hall–Kier alpha value is -3.21. The summed E-state index contributed by atoms with van der Waals surface area (Å²) in [6.07, 6.45) is 3.57. The maximum Gasteiger partial charge on any atom is 0.234 e. The molecule has 4 rings (SSSR count). The summed E-state index contributed by atoms with van der Waals surface area (Å²) in [6.45, 7) is 0. The molecule has 4 aromatic rings. The van der Waals surface area contributed by atoms with Gasteiger partial charge in [0.05, 0.1) is 18.5 Å². The molecule has 0 atom stereocenters. The zero-order valence-corrected chi connectivity index (χ0v) is 13.0. The van der Waals surface area contributed by atoms with E-state index < -0.39 is 0 Å². The first-order valence-electron chi connectivity index (χ1n) is 7.50. The smallest absolute Gasteiger partial charge is 0.234 e. The predicted molar refractivity (Wildman–Crippen MR) is 90.4 cm³/mol. The summed E-state index contributed by atoms with van der Waals surface area (Å²) in [5.41, 5.74) is 3.23. The van der Waals surface area contributed by atoms with Crippen molar-refractivity contribution in [1.29, 1.82) is 0 Å². The quantitative estimate of drug-likeness (QED) is 0.568. The number of fused-ring (bicyclic) bond motifs is 1. The third kappa shape index (κ3) is 2.40. The molecule has 2 aromatic carbocycles. The zero-order valence-electron chi connectivity index (χ0n) is 13.0. The number of benzene rings is 2. The Bertz CT molecular complexity index is 1010. The summed E-state index contributed by atoms with van der Waals surface area (Å²) in [7, 11) is 1.63. The summed E-state index contributed by atoms with van der Waals surface area (Å²) < 4.78 is 20.8. The molecule has 0 saturated heterocycles. The summed E-state index contributed by atoms with van der Waals surface area (Å²) in [4.78, 5) is 8.94. The van der Waals surface area contributed by atoms with Crippen molar-refractivity contribution in [3.63, 3.8) is 0 Å². The minimum absolute atomic E-state index is 0.285. The maximum absolute atomic E-state index is 13.7. The summed E-state index contributed by atoms with van der Waals surface area (Å²) >= 11 is 0. The molecule has 0 radical (unpaired) electrons. The average Bonchev–Trinajstić information content (AvgIpc) is 3.01. The van der Waals surface area contributed by atoms with Gasteiger partial charge < -0.3 is 4.74 Å². The highest BCUT2D eigenvalue weighted by Crippen LogP contribution is 2.33. The van der Waals surface area contributed by atoms with E-state index >= 15 is 0 Å². The number of ether oxygens (including phenoxy) is 1. The summed E-state index contributed by atoms with van der Waals surface area (Å²) in [5.74, 6) is 1.06. The van der Waals surface area contributed by atoms with Crippen LogP contribution in [0.1, 0.15) is 0 Å². The molecule has 0 bridgehead atoms. The van der Waals surface area contributed by atoms with E-state index in [0.29, 0.717) is 5.78 Å². The molecule has 24 heavy (non-hydrogen) atoms. The van der Waals surface area contributed by atoms with Crippen LogP contribution in [-0.4, -0.2) is 21.5 Å². The molecular formula is C19H14FN3O. The van der Waals surface area contributed by atoms with E-state index in [-0.39, 0.29) is 5.82 Å². The van der Waals surface area contributed by atoms with Crippen LogP contribution >= 0.6 is 0 Å². The minimum atomic E-state index is -0.285. The van der Waals surface area contributed by atoms with E-state index in [1.54, 1.807) is 19.4 Å². The predicted octanol–water partition coefficient (Wildman–Crippen LogP) is 4.21. The van der Waals surface area contributed by atoms with Crippen molar-refractivity contribution in [3.05, 3.63) is 72.8 Å². The molecule has 0 N–H and O–H groups in total. The first-order chi connectivity index (χ1) is 11.8. The standard InChI is InChI=1S/C19H14FN3O/c1-24-16-8-6-13(7-9-16)17-18(14-4-2-5-15(20)12-14)23-11-3-10-21-19(23)22-17/h2-12H,1H3. The largest absolute Gasteiger partial charge is 0.497 e. The number of hydrogen-bond acceptors (Lipinski definition) is 3. The fourth-order valence-corrected chi connectivity index (χ4v) is 2.75. The van der Waals surface area contributed by atoms with Gasteiger partial charge in [-0.25, -0.2) is 14.4 Å². The zero-order chi connectivity index (χ0) is 16.5. The Morgan fingerprint density at radius 3 is 2.58 bits per heavy atom.